The Labute approximate surface area is 126 Å². The lowest BCUT2D eigenvalue weighted by atomic mass is 10.2. The number of rotatable bonds is 6. The Kier molecular flexibility index (Phi) is 5.76. The maximum atomic E-state index is 12.4. The highest BCUT2D eigenvalue weighted by Gasteiger charge is 2.18. The van der Waals surface area contributed by atoms with Crippen LogP contribution < -0.4 is 10.6 Å². The first kappa shape index (κ1) is 16.0. The van der Waals surface area contributed by atoms with Crippen LogP contribution in [0.25, 0.3) is 0 Å². The van der Waals surface area contributed by atoms with Gasteiger partial charge in [-0.25, -0.2) is 0 Å². The van der Waals surface area contributed by atoms with Crippen LogP contribution in [0.1, 0.15) is 35.1 Å². The number of nitrogens with zero attached hydrogens (tertiary/aromatic N) is 3. The second-order valence-electron chi connectivity index (χ2n) is 5.62. The molecule has 0 atom stereocenters. The van der Waals surface area contributed by atoms with E-state index in [0.29, 0.717) is 6.54 Å². The van der Waals surface area contributed by atoms with Gasteiger partial charge in [0.25, 0.3) is 5.91 Å². The molecule has 0 aromatic carbocycles. The van der Waals surface area contributed by atoms with Crippen molar-refractivity contribution in [3.05, 3.63) is 17.0 Å². The molecule has 0 radical (unpaired) electrons. The molecule has 1 amide bonds. The lowest BCUT2D eigenvalue weighted by molar-refractivity contribution is 0.0946. The third-order valence-corrected chi connectivity index (χ3v) is 3.97. The molecule has 1 aromatic heterocycles. The van der Waals surface area contributed by atoms with Crippen LogP contribution in [0.15, 0.2) is 0 Å². The van der Waals surface area contributed by atoms with Crippen LogP contribution in [0.4, 0.5) is 0 Å². The van der Waals surface area contributed by atoms with Crippen LogP contribution >= 0.6 is 0 Å². The van der Waals surface area contributed by atoms with Gasteiger partial charge in [0, 0.05) is 51.5 Å². The van der Waals surface area contributed by atoms with E-state index in [0.717, 1.165) is 62.6 Å². The standard InChI is InChI=1S/C15H27N5O/c1-4-8-20-13(3)14(12(2)18-20)15(21)17-7-11-19-9-5-16-6-10-19/h16H,4-11H2,1-3H3,(H,17,21). The van der Waals surface area contributed by atoms with E-state index < -0.39 is 0 Å². The lowest BCUT2D eigenvalue weighted by Gasteiger charge is -2.27. The zero-order valence-corrected chi connectivity index (χ0v) is 13.4. The molecule has 118 valence electrons. The first-order chi connectivity index (χ1) is 10.1. The Morgan fingerprint density at radius 3 is 2.67 bits per heavy atom. The van der Waals surface area contributed by atoms with Gasteiger partial charge >= 0.3 is 0 Å². The molecule has 21 heavy (non-hydrogen) atoms. The summed E-state index contributed by atoms with van der Waals surface area (Å²) in [7, 11) is 0. The van der Waals surface area contributed by atoms with Gasteiger partial charge in [0.15, 0.2) is 0 Å². The highest BCUT2D eigenvalue weighted by Crippen LogP contribution is 2.13. The zero-order chi connectivity index (χ0) is 15.2. The van der Waals surface area contributed by atoms with E-state index in [-0.39, 0.29) is 5.91 Å². The van der Waals surface area contributed by atoms with Crippen molar-refractivity contribution in [2.24, 2.45) is 0 Å². The Morgan fingerprint density at radius 1 is 1.29 bits per heavy atom. The van der Waals surface area contributed by atoms with Gasteiger partial charge in [-0.05, 0) is 20.3 Å². The number of nitrogens with one attached hydrogen (secondary N) is 2. The van der Waals surface area contributed by atoms with E-state index in [1.165, 1.54) is 0 Å². The summed E-state index contributed by atoms with van der Waals surface area (Å²) in [6.07, 6.45) is 1.02. The third kappa shape index (κ3) is 4.04. The van der Waals surface area contributed by atoms with Gasteiger partial charge < -0.3 is 10.6 Å². The average molecular weight is 293 g/mol. The summed E-state index contributed by atoms with van der Waals surface area (Å²) in [4.78, 5) is 14.7. The van der Waals surface area contributed by atoms with E-state index in [1.54, 1.807) is 0 Å². The van der Waals surface area contributed by atoms with Gasteiger partial charge in [-0.2, -0.15) is 5.10 Å². The van der Waals surface area contributed by atoms with Crippen molar-refractivity contribution in [1.82, 2.24) is 25.3 Å². The number of carbonyl (C=O) groups is 1. The SMILES string of the molecule is CCCn1nc(C)c(C(=O)NCCN2CCNCC2)c1C. The summed E-state index contributed by atoms with van der Waals surface area (Å²) in [6.45, 7) is 12.7. The van der Waals surface area contributed by atoms with E-state index in [4.69, 9.17) is 0 Å². The van der Waals surface area contributed by atoms with Crippen molar-refractivity contribution >= 4 is 5.91 Å². The van der Waals surface area contributed by atoms with E-state index in [9.17, 15) is 4.79 Å². The molecule has 6 nitrogen and oxygen atoms in total. The lowest BCUT2D eigenvalue weighted by Crippen LogP contribution is -2.46. The van der Waals surface area contributed by atoms with Gasteiger partial charge in [0.05, 0.1) is 11.3 Å². The van der Waals surface area contributed by atoms with Crippen molar-refractivity contribution in [2.75, 3.05) is 39.3 Å². The van der Waals surface area contributed by atoms with Crippen molar-refractivity contribution in [1.29, 1.82) is 0 Å². The van der Waals surface area contributed by atoms with Crippen molar-refractivity contribution in [3.63, 3.8) is 0 Å². The predicted molar refractivity (Wildman–Crippen MR) is 83.6 cm³/mol. The highest BCUT2D eigenvalue weighted by molar-refractivity contribution is 5.96. The smallest absolute Gasteiger partial charge is 0.255 e. The van der Waals surface area contributed by atoms with Gasteiger partial charge in [-0.15, -0.1) is 0 Å². The first-order valence-corrected chi connectivity index (χ1v) is 7.88. The van der Waals surface area contributed by atoms with Crippen LogP contribution in [-0.2, 0) is 6.54 Å². The first-order valence-electron chi connectivity index (χ1n) is 7.88. The molecule has 0 unspecified atom stereocenters. The summed E-state index contributed by atoms with van der Waals surface area (Å²) in [6, 6.07) is 0. The fourth-order valence-corrected chi connectivity index (χ4v) is 2.81. The molecule has 1 aliphatic rings. The summed E-state index contributed by atoms with van der Waals surface area (Å²) in [5, 5.41) is 10.8. The number of piperazine rings is 1. The molecule has 0 saturated carbocycles. The van der Waals surface area contributed by atoms with Gasteiger partial charge in [0.1, 0.15) is 0 Å². The molecule has 1 saturated heterocycles. The van der Waals surface area contributed by atoms with Crippen molar-refractivity contribution in [3.8, 4) is 0 Å². The predicted octanol–water partition coefficient (Wildman–Crippen LogP) is 0.545. The minimum Gasteiger partial charge on any atom is -0.351 e. The molecule has 1 aromatic rings. The second kappa shape index (κ2) is 7.56. The number of aryl methyl sites for hydroxylation is 2. The number of hydrogen-bond donors (Lipinski definition) is 2. The largest absolute Gasteiger partial charge is 0.351 e. The number of carbonyl (C=O) groups excluding carboxylic acids is 1. The summed E-state index contributed by atoms with van der Waals surface area (Å²) < 4.78 is 1.93. The fourth-order valence-electron chi connectivity index (χ4n) is 2.81. The van der Waals surface area contributed by atoms with Crippen LogP contribution in [-0.4, -0.2) is 59.9 Å². The molecule has 0 aliphatic carbocycles. The van der Waals surface area contributed by atoms with Gasteiger partial charge in [-0.1, -0.05) is 6.92 Å². The summed E-state index contributed by atoms with van der Waals surface area (Å²) in [5.41, 5.74) is 2.53. The van der Waals surface area contributed by atoms with Gasteiger partial charge in [-0.3, -0.25) is 14.4 Å². The average Bonchev–Trinajstić information content (AvgIpc) is 2.75. The van der Waals surface area contributed by atoms with E-state index >= 15 is 0 Å². The third-order valence-electron chi connectivity index (χ3n) is 3.97. The Bertz CT molecular complexity index is 477. The van der Waals surface area contributed by atoms with Gasteiger partial charge in [0.2, 0.25) is 0 Å². The Morgan fingerprint density at radius 2 is 2.00 bits per heavy atom. The molecule has 2 rings (SSSR count). The molecule has 0 spiro atoms. The van der Waals surface area contributed by atoms with Crippen molar-refractivity contribution < 1.29 is 4.79 Å². The van der Waals surface area contributed by atoms with E-state index in [2.05, 4.69) is 27.6 Å². The van der Waals surface area contributed by atoms with Crippen LogP contribution in [0.3, 0.4) is 0 Å². The number of amides is 1. The van der Waals surface area contributed by atoms with Crippen LogP contribution in [0, 0.1) is 13.8 Å². The topological polar surface area (TPSA) is 62.2 Å². The van der Waals surface area contributed by atoms with Crippen LogP contribution in [0.2, 0.25) is 0 Å². The minimum absolute atomic E-state index is 0.00230. The second-order valence-corrected chi connectivity index (χ2v) is 5.62. The molecular formula is C15H27N5O. The molecule has 1 fully saturated rings. The maximum Gasteiger partial charge on any atom is 0.255 e. The molecule has 6 heteroatoms. The highest BCUT2D eigenvalue weighted by atomic mass is 16.1. The Balaban J connectivity index is 1.88. The number of hydrogen-bond acceptors (Lipinski definition) is 4. The molecule has 0 bridgehead atoms. The number of aromatic nitrogens is 2. The fraction of sp³-hybridized carbons (Fsp3) is 0.733. The quantitative estimate of drug-likeness (QED) is 0.804. The zero-order valence-electron chi connectivity index (χ0n) is 13.4. The summed E-state index contributed by atoms with van der Waals surface area (Å²) >= 11 is 0. The normalized spacial score (nSPS) is 16.1. The van der Waals surface area contributed by atoms with Crippen LogP contribution in [0.5, 0.6) is 0 Å². The maximum absolute atomic E-state index is 12.4. The van der Waals surface area contributed by atoms with Crippen molar-refractivity contribution in [2.45, 2.75) is 33.7 Å². The molecule has 1 aliphatic heterocycles. The molecule has 2 heterocycles. The minimum atomic E-state index is 0.00230. The van der Waals surface area contributed by atoms with E-state index in [1.807, 2.05) is 18.5 Å². The molecule has 2 N–H and O–H groups in total. The molecular weight excluding hydrogens is 266 g/mol. The Hall–Kier alpha value is -1.40. The summed E-state index contributed by atoms with van der Waals surface area (Å²) in [5.74, 6) is 0.00230. The monoisotopic (exact) mass is 293 g/mol.